The number of nitrogens with zero attached hydrogens (tertiary/aromatic N) is 2. The number of ether oxygens (including phenoxy) is 1. The van der Waals surface area contributed by atoms with Gasteiger partial charge in [-0.1, -0.05) is 12.1 Å². The zero-order valence-electron chi connectivity index (χ0n) is 13.8. The first-order chi connectivity index (χ1) is 10.1. The highest BCUT2D eigenvalue weighted by molar-refractivity contribution is 5.29. The second-order valence-electron chi connectivity index (χ2n) is 6.17. The number of likely N-dealkylation sites (N-methyl/N-ethyl adjacent to an activating group) is 3. The smallest absolute Gasteiger partial charge is 0.119 e. The Labute approximate surface area is 129 Å². The molecule has 0 saturated carbocycles. The van der Waals surface area contributed by atoms with Gasteiger partial charge in [0.25, 0.3) is 0 Å². The minimum absolute atomic E-state index is 0.496. The van der Waals surface area contributed by atoms with E-state index in [1.807, 2.05) is 6.07 Å². The van der Waals surface area contributed by atoms with Crippen molar-refractivity contribution < 1.29 is 4.74 Å². The summed E-state index contributed by atoms with van der Waals surface area (Å²) in [7, 11) is 8.26. The standard InChI is InChI=1S/C17H29N3O/c1-18-15(10-14-6-5-7-17(11-14)21-4)12-16-13-19(2)8-9-20(16)3/h5-7,11,15-16,18H,8-10,12-13H2,1-4H3. The molecule has 1 fully saturated rings. The highest BCUT2D eigenvalue weighted by atomic mass is 16.5. The number of methoxy groups -OCH3 is 1. The van der Waals surface area contributed by atoms with E-state index in [0.717, 1.165) is 25.3 Å². The third-order valence-corrected chi connectivity index (χ3v) is 4.56. The molecular weight excluding hydrogens is 262 g/mol. The van der Waals surface area contributed by atoms with Gasteiger partial charge in [0.2, 0.25) is 0 Å². The first-order valence-electron chi connectivity index (χ1n) is 7.81. The molecule has 1 aliphatic rings. The predicted octanol–water partition coefficient (Wildman–Crippen LogP) is 1.46. The van der Waals surface area contributed by atoms with Crippen molar-refractivity contribution in [3.05, 3.63) is 29.8 Å². The maximum atomic E-state index is 5.32. The molecule has 2 unspecified atom stereocenters. The summed E-state index contributed by atoms with van der Waals surface area (Å²) in [5.41, 5.74) is 1.33. The quantitative estimate of drug-likeness (QED) is 0.859. The number of nitrogens with one attached hydrogen (secondary N) is 1. The van der Waals surface area contributed by atoms with Crippen molar-refractivity contribution >= 4 is 0 Å². The molecule has 1 aliphatic heterocycles. The molecule has 118 valence electrons. The van der Waals surface area contributed by atoms with E-state index in [2.05, 4.69) is 54.5 Å². The van der Waals surface area contributed by atoms with E-state index in [9.17, 15) is 0 Å². The first kappa shape index (κ1) is 16.3. The van der Waals surface area contributed by atoms with Crippen LogP contribution in [0.4, 0.5) is 0 Å². The van der Waals surface area contributed by atoms with Crippen LogP contribution in [0.15, 0.2) is 24.3 Å². The van der Waals surface area contributed by atoms with Gasteiger partial charge in [0.15, 0.2) is 0 Å². The van der Waals surface area contributed by atoms with Crippen molar-refractivity contribution in [2.24, 2.45) is 0 Å². The van der Waals surface area contributed by atoms with E-state index < -0.39 is 0 Å². The van der Waals surface area contributed by atoms with Crippen LogP contribution in [0.25, 0.3) is 0 Å². The van der Waals surface area contributed by atoms with Crippen LogP contribution in [-0.4, -0.2) is 69.8 Å². The first-order valence-corrected chi connectivity index (χ1v) is 7.81. The van der Waals surface area contributed by atoms with E-state index in [-0.39, 0.29) is 0 Å². The number of hydrogen-bond donors (Lipinski definition) is 1. The zero-order valence-corrected chi connectivity index (χ0v) is 13.8. The molecule has 0 spiro atoms. The van der Waals surface area contributed by atoms with Gasteiger partial charge in [-0.05, 0) is 51.7 Å². The third kappa shape index (κ3) is 4.70. The maximum absolute atomic E-state index is 5.32. The summed E-state index contributed by atoms with van der Waals surface area (Å²) in [6.45, 7) is 3.50. The molecule has 1 aromatic rings. The molecule has 1 N–H and O–H groups in total. The molecule has 1 heterocycles. The average molecular weight is 291 g/mol. The fraction of sp³-hybridized carbons (Fsp3) is 0.647. The van der Waals surface area contributed by atoms with Gasteiger partial charge < -0.3 is 19.9 Å². The van der Waals surface area contributed by atoms with Crippen molar-refractivity contribution in [2.75, 3.05) is 47.9 Å². The highest BCUT2D eigenvalue weighted by Crippen LogP contribution is 2.17. The Morgan fingerprint density at radius 3 is 2.86 bits per heavy atom. The number of hydrogen-bond acceptors (Lipinski definition) is 4. The van der Waals surface area contributed by atoms with Crippen LogP contribution in [-0.2, 0) is 6.42 Å². The van der Waals surface area contributed by atoms with Gasteiger partial charge in [-0.3, -0.25) is 0 Å². The largest absolute Gasteiger partial charge is 0.497 e. The molecule has 4 heteroatoms. The summed E-state index contributed by atoms with van der Waals surface area (Å²) in [6, 6.07) is 9.52. The Morgan fingerprint density at radius 1 is 1.33 bits per heavy atom. The summed E-state index contributed by atoms with van der Waals surface area (Å²) in [4.78, 5) is 4.93. The lowest BCUT2D eigenvalue weighted by Gasteiger charge is -2.39. The van der Waals surface area contributed by atoms with Gasteiger partial charge in [-0.25, -0.2) is 0 Å². The lowest BCUT2D eigenvalue weighted by molar-refractivity contribution is 0.102. The third-order valence-electron chi connectivity index (χ3n) is 4.56. The second-order valence-corrected chi connectivity index (χ2v) is 6.17. The molecule has 2 atom stereocenters. The molecule has 0 aromatic heterocycles. The summed E-state index contributed by atoms with van der Waals surface area (Å²) < 4.78 is 5.32. The van der Waals surface area contributed by atoms with Gasteiger partial charge >= 0.3 is 0 Å². The Hall–Kier alpha value is -1.10. The van der Waals surface area contributed by atoms with Crippen LogP contribution < -0.4 is 10.1 Å². The van der Waals surface area contributed by atoms with E-state index in [4.69, 9.17) is 4.74 Å². The summed E-state index contributed by atoms with van der Waals surface area (Å²) in [5.74, 6) is 0.942. The average Bonchev–Trinajstić information content (AvgIpc) is 2.50. The van der Waals surface area contributed by atoms with Crippen LogP contribution in [0.3, 0.4) is 0 Å². The molecule has 0 amide bonds. The van der Waals surface area contributed by atoms with Crippen molar-refractivity contribution in [1.82, 2.24) is 15.1 Å². The number of rotatable bonds is 6. The fourth-order valence-corrected chi connectivity index (χ4v) is 3.07. The molecule has 2 rings (SSSR count). The van der Waals surface area contributed by atoms with Gasteiger partial charge in [0.1, 0.15) is 5.75 Å². The topological polar surface area (TPSA) is 27.7 Å². The molecule has 0 aliphatic carbocycles. The van der Waals surface area contributed by atoms with E-state index >= 15 is 0 Å². The van der Waals surface area contributed by atoms with Crippen molar-refractivity contribution in [3.63, 3.8) is 0 Å². The Morgan fingerprint density at radius 2 is 2.14 bits per heavy atom. The minimum Gasteiger partial charge on any atom is -0.497 e. The fourth-order valence-electron chi connectivity index (χ4n) is 3.07. The zero-order chi connectivity index (χ0) is 15.2. The van der Waals surface area contributed by atoms with Crippen molar-refractivity contribution in [3.8, 4) is 5.75 Å². The minimum atomic E-state index is 0.496. The van der Waals surface area contributed by atoms with Crippen LogP contribution >= 0.6 is 0 Å². The van der Waals surface area contributed by atoms with Gasteiger partial charge in [-0.15, -0.1) is 0 Å². The molecule has 4 nitrogen and oxygen atoms in total. The van der Waals surface area contributed by atoms with Crippen LogP contribution in [0.5, 0.6) is 5.75 Å². The normalized spacial score (nSPS) is 22.2. The van der Waals surface area contributed by atoms with Crippen LogP contribution in [0.2, 0.25) is 0 Å². The Kier molecular flexibility index (Phi) is 6.03. The summed E-state index contributed by atoms with van der Waals surface area (Å²) >= 11 is 0. The summed E-state index contributed by atoms with van der Waals surface area (Å²) in [5, 5.41) is 3.48. The van der Waals surface area contributed by atoms with E-state index in [1.54, 1.807) is 7.11 Å². The van der Waals surface area contributed by atoms with Crippen LogP contribution in [0.1, 0.15) is 12.0 Å². The number of benzene rings is 1. The lowest BCUT2D eigenvalue weighted by Crippen LogP contribution is -2.52. The maximum Gasteiger partial charge on any atom is 0.119 e. The molecule has 0 bridgehead atoms. The van der Waals surface area contributed by atoms with Gasteiger partial charge in [-0.2, -0.15) is 0 Å². The van der Waals surface area contributed by atoms with Crippen LogP contribution in [0, 0.1) is 0 Å². The van der Waals surface area contributed by atoms with E-state index in [0.29, 0.717) is 12.1 Å². The molecule has 0 radical (unpaired) electrons. The highest BCUT2D eigenvalue weighted by Gasteiger charge is 2.24. The van der Waals surface area contributed by atoms with Gasteiger partial charge in [0, 0.05) is 31.7 Å². The van der Waals surface area contributed by atoms with E-state index in [1.165, 1.54) is 18.5 Å². The Bertz CT molecular complexity index is 438. The Balaban J connectivity index is 1.95. The second kappa shape index (κ2) is 7.78. The summed E-state index contributed by atoms with van der Waals surface area (Å²) in [6.07, 6.45) is 2.22. The SMILES string of the molecule is CNC(Cc1cccc(OC)c1)CC1CN(C)CCN1C. The monoisotopic (exact) mass is 291 g/mol. The van der Waals surface area contributed by atoms with Gasteiger partial charge in [0.05, 0.1) is 7.11 Å². The van der Waals surface area contributed by atoms with Crippen molar-refractivity contribution in [2.45, 2.75) is 24.9 Å². The molecule has 21 heavy (non-hydrogen) atoms. The number of piperazine rings is 1. The lowest BCUT2D eigenvalue weighted by atomic mass is 9.97. The predicted molar refractivity (Wildman–Crippen MR) is 88.1 cm³/mol. The molecular formula is C17H29N3O. The molecule has 1 saturated heterocycles. The van der Waals surface area contributed by atoms with Crippen molar-refractivity contribution in [1.29, 1.82) is 0 Å². The molecule has 1 aromatic carbocycles.